The number of halogens is 6. The van der Waals surface area contributed by atoms with E-state index in [1.807, 2.05) is 24.3 Å². The van der Waals surface area contributed by atoms with Gasteiger partial charge in [0.15, 0.2) is 0 Å². The summed E-state index contributed by atoms with van der Waals surface area (Å²) in [6.07, 6.45) is -8.18. The van der Waals surface area contributed by atoms with Crippen molar-refractivity contribution >= 4 is 32.6 Å². The Balaban J connectivity index is 1.84. The predicted octanol–water partition coefficient (Wildman–Crippen LogP) is 7.95. The van der Waals surface area contributed by atoms with Gasteiger partial charge in [-0.25, -0.2) is 4.98 Å². The van der Waals surface area contributed by atoms with Gasteiger partial charge in [-0.1, -0.05) is 36.4 Å². The Labute approximate surface area is 183 Å². The molecule has 2 nitrogen and oxygen atoms in total. The minimum Gasteiger partial charge on any atom is -0.252 e. The second kappa shape index (κ2) is 7.16. The van der Waals surface area contributed by atoms with Crippen molar-refractivity contribution in [2.45, 2.75) is 19.3 Å². The molecule has 4 aromatic carbocycles. The molecule has 166 valence electrons. The lowest BCUT2D eigenvalue weighted by Crippen LogP contribution is -2.11. The number of aryl methyl sites for hydroxylation is 1. The molecule has 0 amide bonds. The summed E-state index contributed by atoms with van der Waals surface area (Å²) in [7, 11) is 0. The predicted molar refractivity (Wildman–Crippen MR) is 115 cm³/mol. The first kappa shape index (κ1) is 21.2. The summed E-state index contributed by atoms with van der Waals surface area (Å²) in [6, 6.07) is 13.7. The Morgan fingerprint density at radius 2 is 1.21 bits per heavy atom. The molecule has 0 saturated heterocycles. The molecule has 0 aliphatic heterocycles. The van der Waals surface area contributed by atoms with Crippen LogP contribution in [0.3, 0.4) is 0 Å². The van der Waals surface area contributed by atoms with Crippen LogP contribution in [0.15, 0.2) is 66.9 Å². The van der Waals surface area contributed by atoms with Gasteiger partial charge in [-0.05, 0) is 53.1 Å². The second-order valence-electron chi connectivity index (χ2n) is 7.81. The highest BCUT2D eigenvalue weighted by molar-refractivity contribution is 6.23. The fourth-order valence-electron chi connectivity index (χ4n) is 4.06. The number of aromatic nitrogens is 2. The van der Waals surface area contributed by atoms with Gasteiger partial charge in [0, 0.05) is 17.0 Å². The molecule has 5 aromatic rings. The molecular weight excluding hydrogens is 442 g/mol. The summed E-state index contributed by atoms with van der Waals surface area (Å²) in [5, 5.41) is 2.96. The van der Waals surface area contributed by atoms with Gasteiger partial charge in [-0.2, -0.15) is 26.3 Å². The average molecular weight is 456 g/mol. The largest absolute Gasteiger partial charge is 0.416 e. The van der Waals surface area contributed by atoms with Crippen molar-refractivity contribution in [3.8, 4) is 11.1 Å². The van der Waals surface area contributed by atoms with E-state index in [9.17, 15) is 26.3 Å². The fraction of sp³-hybridized carbons (Fsp3) is 0.120. The topological polar surface area (TPSA) is 25.8 Å². The first-order valence-electron chi connectivity index (χ1n) is 9.90. The van der Waals surface area contributed by atoms with Gasteiger partial charge in [0.05, 0.1) is 27.9 Å². The van der Waals surface area contributed by atoms with E-state index in [4.69, 9.17) is 0 Å². The smallest absolute Gasteiger partial charge is 0.252 e. The Kier molecular flexibility index (Phi) is 4.60. The normalized spacial score (nSPS) is 12.7. The molecule has 0 N–H and O–H groups in total. The van der Waals surface area contributed by atoms with Crippen molar-refractivity contribution in [3.05, 3.63) is 83.7 Å². The first-order valence-corrected chi connectivity index (χ1v) is 9.90. The maximum Gasteiger partial charge on any atom is 0.416 e. The van der Waals surface area contributed by atoms with Crippen molar-refractivity contribution < 1.29 is 26.3 Å². The van der Waals surface area contributed by atoms with E-state index in [1.165, 1.54) is 6.07 Å². The van der Waals surface area contributed by atoms with Crippen LogP contribution in [0.4, 0.5) is 26.3 Å². The van der Waals surface area contributed by atoms with Crippen molar-refractivity contribution in [2.24, 2.45) is 0 Å². The zero-order chi connectivity index (χ0) is 23.5. The lowest BCUT2D eigenvalue weighted by Gasteiger charge is -2.15. The molecule has 0 aliphatic carbocycles. The van der Waals surface area contributed by atoms with Crippen LogP contribution >= 0.6 is 0 Å². The molecule has 0 aliphatic rings. The van der Waals surface area contributed by atoms with Gasteiger partial charge in [0.25, 0.3) is 0 Å². The molecule has 1 heterocycles. The number of nitrogens with zero attached hydrogens (tertiary/aromatic N) is 2. The minimum atomic E-state index is -4.91. The van der Waals surface area contributed by atoms with E-state index in [-0.39, 0.29) is 17.2 Å². The number of fused-ring (bicyclic) bond motifs is 6. The van der Waals surface area contributed by atoms with Crippen LogP contribution in [0.2, 0.25) is 0 Å². The lowest BCUT2D eigenvalue weighted by atomic mass is 9.94. The van der Waals surface area contributed by atoms with Crippen LogP contribution in [0.25, 0.3) is 43.7 Å². The van der Waals surface area contributed by atoms with E-state index < -0.39 is 23.5 Å². The molecule has 0 radical (unpaired) electrons. The van der Waals surface area contributed by atoms with Gasteiger partial charge in [-0.3, -0.25) is 4.98 Å². The van der Waals surface area contributed by atoms with Crippen molar-refractivity contribution in [2.75, 3.05) is 0 Å². The summed E-state index contributed by atoms with van der Waals surface area (Å²) >= 11 is 0. The summed E-state index contributed by atoms with van der Waals surface area (Å²) in [6.45, 7) is 1.79. The summed E-state index contributed by atoms with van der Waals surface area (Å²) in [5.74, 6) is 0. The summed E-state index contributed by atoms with van der Waals surface area (Å²) in [4.78, 5) is 9.09. The molecule has 5 rings (SSSR count). The van der Waals surface area contributed by atoms with Crippen LogP contribution in [0, 0.1) is 6.92 Å². The Morgan fingerprint density at radius 3 is 1.85 bits per heavy atom. The van der Waals surface area contributed by atoms with Gasteiger partial charge < -0.3 is 0 Å². The van der Waals surface area contributed by atoms with E-state index in [1.54, 1.807) is 25.3 Å². The zero-order valence-corrected chi connectivity index (χ0v) is 17.0. The standard InChI is InChI=1S/C25H14F6N2/c1-13-12-32-22-19-5-3-2-4-18(19)21-10-14(6-7-20(21)23(22)33-13)15-8-16(24(26,27)28)11-17(9-15)25(29,30)31/h2-12H,1H3. The number of rotatable bonds is 1. The third-order valence-corrected chi connectivity index (χ3v) is 5.56. The monoisotopic (exact) mass is 456 g/mol. The maximum absolute atomic E-state index is 13.3. The lowest BCUT2D eigenvalue weighted by molar-refractivity contribution is -0.143. The Morgan fingerprint density at radius 1 is 0.606 bits per heavy atom. The van der Waals surface area contributed by atoms with Crippen LogP contribution in [-0.2, 0) is 12.4 Å². The van der Waals surface area contributed by atoms with Crippen LogP contribution in [0.5, 0.6) is 0 Å². The van der Waals surface area contributed by atoms with E-state index in [2.05, 4.69) is 9.97 Å². The average Bonchev–Trinajstić information content (AvgIpc) is 2.77. The minimum absolute atomic E-state index is 0.131. The third-order valence-electron chi connectivity index (χ3n) is 5.56. The summed E-state index contributed by atoms with van der Waals surface area (Å²) in [5.41, 5.74) is -0.640. The zero-order valence-electron chi connectivity index (χ0n) is 17.0. The number of alkyl halides is 6. The van der Waals surface area contributed by atoms with Gasteiger partial charge in [-0.15, -0.1) is 0 Å². The Bertz CT molecular complexity index is 1520. The molecule has 0 spiro atoms. The maximum atomic E-state index is 13.3. The van der Waals surface area contributed by atoms with E-state index in [0.717, 1.165) is 22.9 Å². The van der Waals surface area contributed by atoms with Gasteiger partial charge in [0.1, 0.15) is 0 Å². The molecule has 0 bridgehead atoms. The molecule has 0 atom stereocenters. The molecule has 0 unspecified atom stereocenters. The molecule has 33 heavy (non-hydrogen) atoms. The third kappa shape index (κ3) is 3.65. The highest BCUT2D eigenvalue weighted by atomic mass is 19.4. The number of benzene rings is 4. The first-order chi connectivity index (χ1) is 15.5. The highest BCUT2D eigenvalue weighted by Gasteiger charge is 2.37. The SMILES string of the molecule is Cc1cnc2c3ccccc3c3cc(-c4cc(C(F)(F)F)cc(C(F)(F)F)c4)ccc3c2n1. The van der Waals surface area contributed by atoms with Crippen LogP contribution in [-0.4, -0.2) is 9.97 Å². The van der Waals surface area contributed by atoms with Gasteiger partial charge >= 0.3 is 12.4 Å². The van der Waals surface area contributed by atoms with Crippen LogP contribution in [0.1, 0.15) is 16.8 Å². The van der Waals surface area contributed by atoms with Crippen molar-refractivity contribution in [3.63, 3.8) is 0 Å². The van der Waals surface area contributed by atoms with E-state index >= 15 is 0 Å². The van der Waals surface area contributed by atoms with Crippen molar-refractivity contribution in [1.82, 2.24) is 9.97 Å². The fourth-order valence-corrected chi connectivity index (χ4v) is 4.06. The summed E-state index contributed by atoms with van der Waals surface area (Å²) < 4.78 is 80.1. The number of hydrogen-bond acceptors (Lipinski definition) is 2. The molecule has 1 aromatic heterocycles. The highest BCUT2D eigenvalue weighted by Crippen LogP contribution is 2.40. The molecule has 0 saturated carbocycles. The van der Waals surface area contributed by atoms with Crippen molar-refractivity contribution in [1.29, 1.82) is 0 Å². The quantitative estimate of drug-likeness (QED) is 0.189. The second-order valence-corrected chi connectivity index (χ2v) is 7.81. The van der Waals surface area contributed by atoms with Crippen LogP contribution < -0.4 is 0 Å². The number of hydrogen-bond donors (Lipinski definition) is 0. The van der Waals surface area contributed by atoms with E-state index in [0.29, 0.717) is 27.5 Å². The molecule has 0 fully saturated rings. The Hall–Kier alpha value is -3.68. The van der Waals surface area contributed by atoms with Gasteiger partial charge in [0.2, 0.25) is 0 Å². The molecular formula is C25H14F6N2. The molecule has 8 heteroatoms.